The summed E-state index contributed by atoms with van der Waals surface area (Å²) in [4.78, 5) is 0. The topological polar surface area (TPSA) is 12.0 Å². The fraction of sp³-hybridized carbons (Fsp3) is 0.273. The maximum Gasteiger partial charge on any atom is 0.0416 e. The summed E-state index contributed by atoms with van der Waals surface area (Å²) in [6.07, 6.45) is 2.13. The Bertz CT molecular complexity index is 302. The maximum atomic E-state index is 5.92. The average Bonchev–Trinajstić information content (AvgIpc) is 2.29. The molecule has 1 aromatic carbocycles. The first-order valence-electron chi connectivity index (χ1n) is 4.32. The van der Waals surface area contributed by atoms with Crippen LogP contribution in [-0.2, 0) is 0 Å². The van der Waals surface area contributed by atoms with E-state index in [1.165, 1.54) is 11.3 Å². The second-order valence-electron chi connectivity index (χ2n) is 3.10. The Morgan fingerprint density at radius 1 is 1.25 bits per heavy atom. The lowest BCUT2D eigenvalue weighted by Crippen LogP contribution is -1.98. The van der Waals surface area contributed by atoms with E-state index in [0.717, 1.165) is 25.0 Å². The molecular weight excluding hydrogens is 146 g/mol. The van der Waals surface area contributed by atoms with Crippen LogP contribution in [0, 0.1) is 6.58 Å². The molecule has 1 radical (unpaired) electrons. The molecular formula is C11H12N. The smallest absolute Gasteiger partial charge is 0.0416 e. The van der Waals surface area contributed by atoms with Crippen LogP contribution in [-0.4, -0.2) is 6.54 Å². The lowest BCUT2D eigenvalue weighted by atomic mass is 10.0. The van der Waals surface area contributed by atoms with Crippen LogP contribution >= 0.6 is 0 Å². The molecule has 0 spiro atoms. The van der Waals surface area contributed by atoms with E-state index < -0.39 is 0 Å². The zero-order valence-electron chi connectivity index (χ0n) is 7.01. The molecule has 0 aliphatic carbocycles. The lowest BCUT2D eigenvalue weighted by molar-refractivity contribution is 0.916. The van der Waals surface area contributed by atoms with Gasteiger partial charge in [-0.25, -0.2) is 0 Å². The van der Waals surface area contributed by atoms with Gasteiger partial charge in [-0.3, -0.25) is 0 Å². The molecule has 1 heterocycles. The van der Waals surface area contributed by atoms with Crippen molar-refractivity contribution in [2.24, 2.45) is 0 Å². The predicted octanol–water partition coefficient (Wildman–Crippen LogP) is 2.71. The third-order valence-electron chi connectivity index (χ3n) is 2.21. The summed E-state index contributed by atoms with van der Waals surface area (Å²) < 4.78 is 0. The van der Waals surface area contributed by atoms with Crippen molar-refractivity contribution >= 4 is 11.3 Å². The molecule has 12 heavy (non-hydrogen) atoms. The summed E-state index contributed by atoms with van der Waals surface area (Å²) in [5.74, 6) is 0. The number of hydrogen-bond acceptors (Lipinski definition) is 1. The van der Waals surface area contributed by atoms with Gasteiger partial charge in [0, 0.05) is 17.8 Å². The largest absolute Gasteiger partial charge is 0.385 e. The molecule has 1 heteroatoms. The van der Waals surface area contributed by atoms with Crippen molar-refractivity contribution in [1.29, 1.82) is 0 Å². The van der Waals surface area contributed by atoms with Gasteiger partial charge in [-0.15, -0.1) is 0 Å². The fourth-order valence-corrected chi connectivity index (χ4v) is 1.55. The summed E-state index contributed by atoms with van der Waals surface area (Å²) in [6.45, 7) is 6.95. The molecule has 1 aliphatic heterocycles. The Balaban J connectivity index is 2.46. The number of anilines is 1. The minimum Gasteiger partial charge on any atom is -0.385 e. The van der Waals surface area contributed by atoms with Gasteiger partial charge in [0.15, 0.2) is 0 Å². The van der Waals surface area contributed by atoms with Crippen LogP contribution in [0.4, 0.5) is 5.69 Å². The van der Waals surface area contributed by atoms with E-state index in [4.69, 9.17) is 6.58 Å². The molecule has 0 aromatic heterocycles. The van der Waals surface area contributed by atoms with E-state index in [1.807, 2.05) is 12.1 Å². The molecule has 0 saturated carbocycles. The predicted molar refractivity (Wildman–Crippen MR) is 51.9 cm³/mol. The second-order valence-corrected chi connectivity index (χ2v) is 3.10. The van der Waals surface area contributed by atoms with E-state index in [9.17, 15) is 0 Å². The minimum atomic E-state index is 1.00. The van der Waals surface area contributed by atoms with E-state index in [0.29, 0.717) is 0 Å². The SMILES string of the molecule is [CH]=C1CCCNc2ccccc21. The van der Waals surface area contributed by atoms with Crippen molar-refractivity contribution < 1.29 is 0 Å². The van der Waals surface area contributed by atoms with Gasteiger partial charge in [-0.1, -0.05) is 24.8 Å². The van der Waals surface area contributed by atoms with Gasteiger partial charge in [0.05, 0.1) is 0 Å². The van der Waals surface area contributed by atoms with Gasteiger partial charge in [0.2, 0.25) is 0 Å². The summed E-state index contributed by atoms with van der Waals surface area (Å²) >= 11 is 0. The van der Waals surface area contributed by atoms with Crippen molar-refractivity contribution in [3.63, 3.8) is 0 Å². The Hall–Kier alpha value is -1.24. The molecule has 1 aliphatic rings. The summed E-state index contributed by atoms with van der Waals surface area (Å²) in [5.41, 5.74) is 3.36. The molecule has 1 nitrogen and oxygen atoms in total. The van der Waals surface area contributed by atoms with Gasteiger partial charge in [-0.05, 0) is 24.5 Å². The van der Waals surface area contributed by atoms with Crippen molar-refractivity contribution in [3.8, 4) is 0 Å². The van der Waals surface area contributed by atoms with Gasteiger partial charge in [0.25, 0.3) is 0 Å². The third-order valence-corrected chi connectivity index (χ3v) is 2.21. The minimum absolute atomic E-state index is 1.00. The van der Waals surface area contributed by atoms with Crippen LogP contribution in [0.3, 0.4) is 0 Å². The molecule has 0 atom stereocenters. The maximum absolute atomic E-state index is 5.92. The Labute approximate surface area is 73.1 Å². The molecule has 0 saturated heterocycles. The molecule has 1 N–H and O–H groups in total. The lowest BCUT2D eigenvalue weighted by Gasteiger charge is -2.06. The number of para-hydroxylation sites is 1. The van der Waals surface area contributed by atoms with Crippen LogP contribution < -0.4 is 5.32 Å². The van der Waals surface area contributed by atoms with E-state index in [1.54, 1.807) is 0 Å². The highest BCUT2D eigenvalue weighted by atomic mass is 14.9. The highest BCUT2D eigenvalue weighted by Gasteiger charge is 2.08. The Kier molecular flexibility index (Phi) is 1.86. The molecule has 0 bridgehead atoms. The standard InChI is InChI=1S/C11H12N/c1-9-5-4-8-12-11-7-3-2-6-10(9)11/h1-3,6-7,12H,4-5,8H2. The van der Waals surface area contributed by atoms with Gasteiger partial charge in [0.1, 0.15) is 0 Å². The quantitative estimate of drug-likeness (QED) is 0.612. The molecule has 0 fully saturated rings. The van der Waals surface area contributed by atoms with E-state index in [-0.39, 0.29) is 0 Å². The molecule has 0 unspecified atom stereocenters. The monoisotopic (exact) mass is 158 g/mol. The second kappa shape index (κ2) is 3.02. The average molecular weight is 158 g/mol. The van der Waals surface area contributed by atoms with Crippen LogP contribution in [0.2, 0.25) is 0 Å². The van der Waals surface area contributed by atoms with Gasteiger partial charge >= 0.3 is 0 Å². The van der Waals surface area contributed by atoms with Gasteiger partial charge in [-0.2, -0.15) is 0 Å². The zero-order valence-corrected chi connectivity index (χ0v) is 7.01. The van der Waals surface area contributed by atoms with E-state index >= 15 is 0 Å². The molecule has 61 valence electrons. The number of allylic oxidation sites excluding steroid dienone is 1. The first kappa shape index (κ1) is 7.41. The molecule has 1 aromatic rings. The number of nitrogens with one attached hydrogen (secondary N) is 1. The summed E-state index contributed by atoms with van der Waals surface area (Å²) in [7, 11) is 0. The van der Waals surface area contributed by atoms with Crippen LogP contribution in [0.15, 0.2) is 24.3 Å². The first-order chi connectivity index (χ1) is 5.88. The van der Waals surface area contributed by atoms with Crippen molar-refractivity contribution in [2.75, 3.05) is 11.9 Å². The van der Waals surface area contributed by atoms with Crippen molar-refractivity contribution in [2.45, 2.75) is 12.8 Å². The molecule has 2 rings (SSSR count). The van der Waals surface area contributed by atoms with Crippen molar-refractivity contribution in [1.82, 2.24) is 0 Å². The zero-order chi connectivity index (χ0) is 8.39. The number of rotatable bonds is 0. The van der Waals surface area contributed by atoms with Crippen molar-refractivity contribution in [3.05, 3.63) is 36.4 Å². The Morgan fingerprint density at radius 3 is 3.00 bits per heavy atom. The number of benzene rings is 1. The normalized spacial score (nSPS) is 16.2. The first-order valence-corrected chi connectivity index (χ1v) is 4.32. The molecule has 0 amide bonds. The van der Waals surface area contributed by atoms with Gasteiger partial charge < -0.3 is 5.32 Å². The number of hydrogen-bond donors (Lipinski definition) is 1. The highest BCUT2D eigenvalue weighted by Crippen LogP contribution is 2.27. The fourth-order valence-electron chi connectivity index (χ4n) is 1.55. The third kappa shape index (κ3) is 1.22. The van der Waals surface area contributed by atoms with Crippen LogP contribution in [0.25, 0.3) is 5.57 Å². The summed E-state index contributed by atoms with van der Waals surface area (Å²) in [5, 5.41) is 3.35. The van der Waals surface area contributed by atoms with E-state index in [2.05, 4.69) is 17.4 Å². The van der Waals surface area contributed by atoms with Crippen LogP contribution in [0.5, 0.6) is 0 Å². The number of fused-ring (bicyclic) bond motifs is 1. The Morgan fingerprint density at radius 2 is 2.08 bits per heavy atom. The summed E-state index contributed by atoms with van der Waals surface area (Å²) in [6, 6.07) is 8.21. The van der Waals surface area contributed by atoms with Crippen LogP contribution in [0.1, 0.15) is 18.4 Å². The highest BCUT2D eigenvalue weighted by molar-refractivity contribution is 5.75.